The van der Waals surface area contributed by atoms with Gasteiger partial charge in [0.25, 0.3) is 5.56 Å². The third-order valence-corrected chi connectivity index (χ3v) is 3.58. The Morgan fingerprint density at radius 3 is 2.38 bits per heavy atom. The van der Waals surface area contributed by atoms with Crippen LogP contribution in [0.1, 0.15) is 5.69 Å². The van der Waals surface area contributed by atoms with E-state index in [2.05, 4.69) is 20.6 Å². The zero-order valence-electron chi connectivity index (χ0n) is 13.9. The number of anilines is 1. The Kier molecular flexibility index (Phi) is 4.52. The van der Waals surface area contributed by atoms with E-state index in [1.807, 2.05) is 0 Å². The summed E-state index contributed by atoms with van der Waals surface area (Å²) < 4.78 is 1.36. The summed E-state index contributed by atoms with van der Waals surface area (Å²) in [6.07, 6.45) is 0. The van der Waals surface area contributed by atoms with E-state index in [1.165, 1.54) is 4.68 Å². The first kappa shape index (κ1) is 17.0. The van der Waals surface area contributed by atoms with Crippen molar-refractivity contribution in [3.05, 3.63) is 64.6 Å². The lowest BCUT2D eigenvalue weighted by molar-refractivity contribution is 0.835. The molecular formula is C17H17N8O. The minimum atomic E-state index is -0.321. The van der Waals surface area contributed by atoms with Crippen LogP contribution in [0.25, 0.3) is 5.69 Å². The van der Waals surface area contributed by atoms with E-state index in [1.54, 1.807) is 55.5 Å². The first-order valence-corrected chi connectivity index (χ1v) is 7.70. The van der Waals surface area contributed by atoms with Gasteiger partial charge in [-0.2, -0.15) is 5.11 Å². The van der Waals surface area contributed by atoms with Gasteiger partial charge in [-0.1, -0.05) is 0 Å². The molecule has 9 nitrogen and oxygen atoms in total. The topological polar surface area (TPSA) is 148 Å². The molecule has 0 atom stereocenters. The predicted octanol–water partition coefficient (Wildman–Crippen LogP) is 3.11. The van der Waals surface area contributed by atoms with Crippen molar-refractivity contribution in [2.24, 2.45) is 16.0 Å². The Morgan fingerprint density at radius 2 is 1.77 bits per heavy atom. The van der Waals surface area contributed by atoms with Gasteiger partial charge >= 0.3 is 0 Å². The van der Waals surface area contributed by atoms with Gasteiger partial charge in [0.1, 0.15) is 0 Å². The molecular weight excluding hydrogens is 332 g/mol. The molecule has 3 aromatic rings. The molecule has 0 fully saturated rings. The summed E-state index contributed by atoms with van der Waals surface area (Å²) in [5, 5.41) is 21.0. The third kappa shape index (κ3) is 3.61. The fourth-order valence-electron chi connectivity index (χ4n) is 2.32. The van der Waals surface area contributed by atoms with Crippen molar-refractivity contribution in [1.82, 2.24) is 15.5 Å². The molecule has 1 radical (unpaired) electrons. The second-order valence-electron chi connectivity index (χ2n) is 5.56. The van der Waals surface area contributed by atoms with Gasteiger partial charge in [0, 0.05) is 5.69 Å². The minimum Gasteiger partial charge on any atom is -0.370 e. The average Bonchev–Trinajstić information content (AvgIpc) is 2.89. The average molecular weight is 349 g/mol. The maximum Gasteiger partial charge on any atom is 0.299 e. The molecule has 0 bridgehead atoms. The van der Waals surface area contributed by atoms with Crippen LogP contribution in [0.2, 0.25) is 0 Å². The largest absolute Gasteiger partial charge is 0.370 e. The Balaban J connectivity index is 1.86. The van der Waals surface area contributed by atoms with Crippen molar-refractivity contribution in [2.75, 3.05) is 5.32 Å². The van der Waals surface area contributed by atoms with Crippen molar-refractivity contribution in [3.63, 3.8) is 0 Å². The highest BCUT2D eigenvalue weighted by atomic mass is 16.1. The molecule has 0 unspecified atom stereocenters. The van der Waals surface area contributed by atoms with Gasteiger partial charge < -0.3 is 16.8 Å². The number of H-pyrrole nitrogens is 1. The normalized spacial score (nSPS) is 11.0. The molecule has 1 heterocycles. The number of hydrogen-bond acceptors (Lipinski definition) is 4. The van der Waals surface area contributed by atoms with Crippen molar-refractivity contribution in [3.8, 4) is 5.69 Å². The fourth-order valence-corrected chi connectivity index (χ4v) is 2.32. The van der Waals surface area contributed by atoms with Gasteiger partial charge in [-0.25, -0.2) is 4.68 Å². The summed E-state index contributed by atoms with van der Waals surface area (Å²) in [5.41, 5.74) is 15.5. The highest BCUT2D eigenvalue weighted by Gasteiger charge is 2.12. The summed E-state index contributed by atoms with van der Waals surface area (Å²) in [6.45, 7) is 1.74. The van der Waals surface area contributed by atoms with Crippen molar-refractivity contribution >= 4 is 28.7 Å². The summed E-state index contributed by atoms with van der Waals surface area (Å²) >= 11 is 0. The molecule has 0 aliphatic rings. The highest BCUT2D eigenvalue weighted by molar-refractivity contribution is 5.89. The first-order valence-electron chi connectivity index (χ1n) is 7.70. The molecule has 131 valence electrons. The Morgan fingerprint density at radius 1 is 1.12 bits per heavy atom. The number of nitrogens with one attached hydrogen (secondary N) is 4. The second-order valence-corrected chi connectivity index (χ2v) is 5.56. The number of nitrogens with zero attached hydrogens (tertiary/aromatic N) is 3. The van der Waals surface area contributed by atoms with E-state index in [-0.39, 0.29) is 17.2 Å². The van der Waals surface area contributed by atoms with Crippen LogP contribution in [0.4, 0.5) is 22.7 Å². The lowest BCUT2D eigenvalue weighted by atomic mass is 10.3. The SMILES string of the molecule is Cc1[nH]n(-c2ccc([NH])cc2)c(=O)c1/N=N/c1ccc(NC(=N)N)cc1. The van der Waals surface area contributed by atoms with Crippen LogP contribution in [0.3, 0.4) is 0 Å². The van der Waals surface area contributed by atoms with E-state index in [4.69, 9.17) is 16.9 Å². The van der Waals surface area contributed by atoms with E-state index in [0.717, 1.165) is 0 Å². The molecule has 6 N–H and O–H groups in total. The molecule has 0 amide bonds. The monoisotopic (exact) mass is 349 g/mol. The smallest absolute Gasteiger partial charge is 0.299 e. The molecule has 1 aromatic heterocycles. The van der Waals surface area contributed by atoms with E-state index in [0.29, 0.717) is 28.4 Å². The van der Waals surface area contributed by atoms with Crippen LogP contribution in [0.15, 0.2) is 63.6 Å². The second kappa shape index (κ2) is 6.93. The van der Waals surface area contributed by atoms with Gasteiger partial charge in [0.05, 0.1) is 22.8 Å². The first-order chi connectivity index (χ1) is 12.4. The standard InChI is InChI=1S/C17H17N8O/c1-10-15(16(26)25(24-10)14-8-2-11(18)3-9-14)23-22-13-6-4-12(5-7-13)21-17(19)20/h2-9,18,24H,1H3,(H4,19,20,21)/b23-22+. The Bertz CT molecular complexity index is 1010. The molecule has 0 aliphatic carbocycles. The molecule has 0 aliphatic heterocycles. The molecule has 0 saturated heterocycles. The molecule has 0 saturated carbocycles. The number of nitrogens with two attached hydrogens (primary N) is 1. The fraction of sp³-hybridized carbons (Fsp3) is 0.0588. The number of aryl methyl sites for hydroxylation is 1. The number of benzene rings is 2. The van der Waals surface area contributed by atoms with Crippen LogP contribution in [-0.2, 0) is 0 Å². The van der Waals surface area contributed by atoms with Crippen molar-refractivity contribution in [1.29, 1.82) is 5.41 Å². The van der Waals surface area contributed by atoms with Crippen LogP contribution < -0.4 is 22.3 Å². The number of rotatable bonds is 4. The van der Waals surface area contributed by atoms with Gasteiger partial charge in [0.15, 0.2) is 11.6 Å². The van der Waals surface area contributed by atoms with Gasteiger partial charge in [-0.15, -0.1) is 5.11 Å². The number of aromatic amines is 1. The third-order valence-electron chi connectivity index (χ3n) is 3.58. The zero-order chi connectivity index (χ0) is 18.7. The zero-order valence-corrected chi connectivity index (χ0v) is 13.9. The Hall–Kier alpha value is -3.88. The van der Waals surface area contributed by atoms with E-state index < -0.39 is 0 Å². The summed E-state index contributed by atoms with van der Waals surface area (Å²) in [7, 11) is 0. The molecule has 2 aromatic carbocycles. The minimum absolute atomic E-state index is 0.152. The lowest BCUT2D eigenvalue weighted by Crippen LogP contribution is -2.20. The quantitative estimate of drug-likeness (QED) is 0.326. The Labute approximate surface area is 148 Å². The van der Waals surface area contributed by atoms with Crippen molar-refractivity contribution in [2.45, 2.75) is 6.92 Å². The van der Waals surface area contributed by atoms with Crippen molar-refractivity contribution < 1.29 is 0 Å². The number of azo groups is 1. The van der Waals surface area contributed by atoms with Gasteiger partial charge in [-0.05, 0) is 55.5 Å². The summed E-state index contributed by atoms with van der Waals surface area (Å²) in [6, 6.07) is 13.4. The maximum absolute atomic E-state index is 12.6. The molecule has 0 spiro atoms. The van der Waals surface area contributed by atoms with Crippen LogP contribution in [-0.4, -0.2) is 15.7 Å². The lowest BCUT2D eigenvalue weighted by Gasteiger charge is -2.02. The predicted molar refractivity (Wildman–Crippen MR) is 100 cm³/mol. The molecule has 9 heteroatoms. The summed E-state index contributed by atoms with van der Waals surface area (Å²) in [4.78, 5) is 12.6. The molecule has 26 heavy (non-hydrogen) atoms. The number of aromatic nitrogens is 2. The molecule has 3 rings (SSSR count). The number of guanidine groups is 1. The van der Waals surface area contributed by atoms with Crippen LogP contribution >= 0.6 is 0 Å². The highest BCUT2D eigenvalue weighted by Crippen LogP contribution is 2.21. The van der Waals surface area contributed by atoms with Gasteiger partial charge in [-0.3, -0.25) is 15.3 Å². The van der Waals surface area contributed by atoms with Crippen LogP contribution in [0, 0.1) is 12.3 Å². The van der Waals surface area contributed by atoms with E-state index >= 15 is 0 Å². The maximum atomic E-state index is 12.6. The number of hydrogen-bond donors (Lipinski definition) is 4. The van der Waals surface area contributed by atoms with Crippen LogP contribution in [0.5, 0.6) is 0 Å². The van der Waals surface area contributed by atoms with E-state index in [9.17, 15) is 4.79 Å². The van der Waals surface area contributed by atoms with Gasteiger partial charge in [0.2, 0.25) is 0 Å². The summed E-state index contributed by atoms with van der Waals surface area (Å²) in [5.74, 6) is -0.152.